The highest BCUT2D eigenvalue weighted by atomic mass is 16.5. The summed E-state index contributed by atoms with van der Waals surface area (Å²) in [5.74, 6) is 1.80. The van der Waals surface area contributed by atoms with Crippen LogP contribution in [0.4, 0.5) is 0 Å². The van der Waals surface area contributed by atoms with Crippen LogP contribution in [0.1, 0.15) is 26.0 Å². The standard InChI is InChI=1S/C15H25N3O3/c1-11(2)9-18-14(19)6-7-16-10-12-15(21-4)13(20-3)5-8-17-12/h5,8,11,16H,6-7,9-10H2,1-4H3,(H,18,19). The smallest absolute Gasteiger partial charge is 0.221 e. The zero-order chi connectivity index (χ0) is 15.7. The largest absolute Gasteiger partial charge is 0.493 e. The van der Waals surface area contributed by atoms with E-state index in [4.69, 9.17) is 9.47 Å². The molecule has 0 bridgehead atoms. The molecule has 0 saturated heterocycles. The first-order valence-corrected chi connectivity index (χ1v) is 7.11. The van der Waals surface area contributed by atoms with Crippen molar-refractivity contribution in [3.05, 3.63) is 18.0 Å². The Bertz CT molecular complexity index is 450. The minimum Gasteiger partial charge on any atom is -0.493 e. The average molecular weight is 295 g/mol. The van der Waals surface area contributed by atoms with Gasteiger partial charge >= 0.3 is 0 Å². The molecule has 1 heterocycles. The van der Waals surface area contributed by atoms with Crippen LogP contribution in [0.15, 0.2) is 12.3 Å². The number of hydrogen-bond donors (Lipinski definition) is 2. The van der Waals surface area contributed by atoms with E-state index in [0.29, 0.717) is 43.5 Å². The van der Waals surface area contributed by atoms with Gasteiger partial charge in [0.25, 0.3) is 0 Å². The summed E-state index contributed by atoms with van der Waals surface area (Å²) >= 11 is 0. The number of aromatic nitrogens is 1. The third-order valence-electron chi connectivity index (χ3n) is 2.89. The van der Waals surface area contributed by atoms with Gasteiger partial charge in [0.1, 0.15) is 0 Å². The van der Waals surface area contributed by atoms with Gasteiger partial charge in [0.15, 0.2) is 11.5 Å². The highest BCUT2D eigenvalue weighted by molar-refractivity contribution is 5.76. The van der Waals surface area contributed by atoms with Gasteiger partial charge in [0.2, 0.25) is 5.91 Å². The van der Waals surface area contributed by atoms with Gasteiger partial charge in [0, 0.05) is 38.3 Å². The van der Waals surface area contributed by atoms with Gasteiger partial charge in [-0.15, -0.1) is 0 Å². The molecule has 6 nitrogen and oxygen atoms in total. The van der Waals surface area contributed by atoms with E-state index < -0.39 is 0 Å². The molecular formula is C15H25N3O3. The second-order valence-corrected chi connectivity index (χ2v) is 5.12. The van der Waals surface area contributed by atoms with Gasteiger partial charge in [-0.25, -0.2) is 0 Å². The maximum Gasteiger partial charge on any atom is 0.221 e. The second kappa shape index (κ2) is 9.18. The Morgan fingerprint density at radius 1 is 1.33 bits per heavy atom. The molecule has 0 aliphatic heterocycles. The number of amides is 1. The molecule has 0 spiro atoms. The molecule has 0 radical (unpaired) electrons. The molecule has 0 aliphatic rings. The SMILES string of the molecule is COc1ccnc(CNCCC(=O)NCC(C)C)c1OC. The first kappa shape index (κ1) is 17.2. The summed E-state index contributed by atoms with van der Waals surface area (Å²) < 4.78 is 10.5. The van der Waals surface area contributed by atoms with Crippen molar-refractivity contribution in [1.82, 2.24) is 15.6 Å². The molecule has 21 heavy (non-hydrogen) atoms. The van der Waals surface area contributed by atoms with E-state index in [0.717, 1.165) is 5.69 Å². The molecule has 1 rings (SSSR count). The molecule has 0 fully saturated rings. The fraction of sp³-hybridized carbons (Fsp3) is 0.600. The van der Waals surface area contributed by atoms with E-state index in [9.17, 15) is 4.79 Å². The highest BCUT2D eigenvalue weighted by Crippen LogP contribution is 2.28. The summed E-state index contributed by atoms with van der Waals surface area (Å²) in [5.41, 5.74) is 0.763. The van der Waals surface area contributed by atoms with Crippen molar-refractivity contribution >= 4 is 5.91 Å². The predicted octanol–water partition coefficient (Wildman–Crippen LogP) is 1.35. The van der Waals surface area contributed by atoms with Crippen molar-refractivity contribution in [3.8, 4) is 11.5 Å². The van der Waals surface area contributed by atoms with E-state index in [-0.39, 0.29) is 5.91 Å². The number of hydrogen-bond acceptors (Lipinski definition) is 5. The van der Waals surface area contributed by atoms with Crippen molar-refractivity contribution < 1.29 is 14.3 Å². The Morgan fingerprint density at radius 2 is 2.10 bits per heavy atom. The maximum atomic E-state index is 11.6. The Morgan fingerprint density at radius 3 is 2.71 bits per heavy atom. The van der Waals surface area contributed by atoms with Gasteiger partial charge < -0.3 is 20.1 Å². The monoisotopic (exact) mass is 295 g/mol. The fourth-order valence-electron chi connectivity index (χ4n) is 1.79. The van der Waals surface area contributed by atoms with E-state index in [1.165, 1.54) is 0 Å². The van der Waals surface area contributed by atoms with Gasteiger partial charge in [-0.05, 0) is 5.92 Å². The van der Waals surface area contributed by atoms with Crippen LogP contribution < -0.4 is 20.1 Å². The van der Waals surface area contributed by atoms with Crippen molar-refractivity contribution in [2.45, 2.75) is 26.8 Å². The fourth-order valence-corrected chi connectivity index (χ4v) is 1.79. The van der Waals surface area contributed by atoms with Gasteiger partial charge in [-0.2, -0.15) is 0 Å². The molecule has 0 unspecified atom stereocenters. The Kier molecular flexibility index (Phi) is 7.53. The van der Waals surface area contributed by atoms with Crippen LogP contribution in [-0.4, -0.2) is 38.2 Å². The van der Waals surface area contributed by atoms with E-state index in [1.807, 2.05) is 0 Å². The lowest BCUT2D eigenvalue weighted by atomic mass is 10.2. The number of rotatable bonds is 9. The number of nitrogens with one attached hydrogen (secondary N) is 2. The van der Waals surface area contributed by atoms with Gasteiger partial charge in [0.05, 0.1) is 19.9 Å². The molecule has 0 saturated carbocycles. The van der Waals surface area contributed by atoms with Crippen molar-refractivity contribution in [2.24, 2.45) is 5.92 Å². The molecule has 1 aromatic rings. The van der Waals surface area contributed by atoms with Gasteiger partial charge in [-0.1, -0.05) is 13.8 Å². The summed E-state index contributed by atoms with van der Waals surface area (Å²) in [6.45, 7) is 5.96. The quantitative estimate of drug-likeness (QED) is 0.673. The predicted molar refractivity (Wildman–Crippen MR) is 81.5 cm³/mol. The van der Waals surface area contributed by atoms with Crippen LogP contribution in [0.5, 0.6) is 11.5 Å². The molecule has 1 aromatic heterocycles. The van der Waals surface area contributed by atoms with Crippen LogP contribution in [0, 0.1) is 5.92 Å². The summed E-state index contributed by atoms with van der Waals surface area (Å²) in [5, 5.41) is 6.07. The van der Waals surface area contributed by atoms with Crippen LogP contribution in [0.25, 0.3) is 0 Å². The molecule has 2 N–H and O–H groups in total. The zero-order valence-electron chi connectivity index (χ0n) is 13.2. The molecular weight excluding hydrogens is 270 g/mol. The number of ether oxygens (including phenoxy) is 2. The number of pyridine rings is 1. The Hall–Kier alpha value is -1.82. The minimum absolute atomic E-state index is 0.0572. The maximum absolute atomic E-state index is 11.6. The van der Waals surface area contributed by atoms with Crippen molar-refractivity contribution in [1.29, 1.82) is 0 Å². The topological polar surface area (TPSA) is 72.5 Å². The Labute approximate surface area is 126 Å². The summed E-state index contributed by atoms with van der Waals surface area (Å²) in [6.07, 6.45) is 2.12. The highest BCUT2D eigenvalue weighted by Gasteiger charge is 2.10. The first-order valence-electron chi connectivity index (χ1n) is 7.11. The lowest BCUT2D eigenvalue weighted by Crippen LogP contribution is -2.30. The van der Waals surface area contributed by atoms with Crippen molar-refractivity contribution in [3.63, 3.8) is 0 Å². The van der Waals surface area contributed by atoms with Crippen molar-refractivity contribution in [2.75, 3.05) is 27.3 Å². The third kappa shape index (κ3) is 5.99. The lowest BCUT2D eigenvalue weighted by Gasteiger charge is -2.12. The van der Waals surface area contributed by atoms with Crippen LogP contribution in [0.2, 0.25) is 0 Å². The minimum atomic E-state index is 0.0572. The molecule has 1 amide bonds. The molecule has 0 aliphatic carbocycles. The molecule has 118 valence electrons. The van der Waals surface area contributed by atoms with Crippen LogP contribution in [0.3, 0.4) is 0 Å². The summed E-state index contributed by atoms with van der Waals surface area (Å²) in [7, 11) is 3.18. The van der Waals surface area contributed by atoms with E-state index >= 15 is 0 Å². The normalized spacial score (nSPS) is 10.5. The van der Waals surface area contributed by atoms with E-state index in [1.54, 1.807) is 26.5 Å². The lowest BCUT2D eigenvalue weighted by molar-refractivity contribution is -0.121. The van der Waals surface area contributed by atoms with E-state index in [2.05, 4.69) is 29.5 Å². The summed E-state index contributed by atoms with van der Waals surface area (Å²) in [4.78, 5) is 15.8. The van der Waals surface area contributed by atoms with Crippen LogP contribution >= 0.6 is 0 Å². The number of methoxy groups -OCH3 is 2. The molecule has 0 aromatic carbocycles. The second-order valence-electron chi connectivity index (χ2n) is 5.12. The first-order chi connectivity index (χ1) is 10.1. The number of carbonyl (C=O) groups is 1. The third-order valence-corrected chi connectivity index (χ3v) is 2.89. The van der Waals surface area contributed by atoms with Gasteiger partial charge in [-0.3, -0.25) is 9.78 Å². The Balaban J connectivity index is 2.37. The number of nitrogens with zero attached hydrogens (tertiary/aromatic N) is 1. The average Bonchev–Trinajstić information content (AvgIpc) is 2.48. The van der Waals surface area contributed by atoms with Crippen LogP contribution in [-0.2, 0) is 11.3 Å². The summed E-state index contributed by atoms with van der Waals surface area (Å²) in [6, 6.07) is 1.75. The molecule has 6 heteroatoms. The zero-order valence-corrected chi connectivity index (χ0v) is 13.2. The molecule has 0 atom stereocenters. The number of carbonyl (C=O) groups excluding carboxylic acids is 1.